The van der Waals surface area contributed by atoms with Gasteiger partial charge in [-0.25, -0.2) is 0 Å². The summed E-state index contributed by atoms with van der Waals surface area (Å²) in [6.45, 7) is 8.85. The van der Waals surface area contributed by atoms with Gasteiger partial charge in [0.1, 0.15) is 0 Å². The largest absolute Gasteiger partial charge is 0.347 e. The molecule has 0 fully saturated rings. The molecule has 5 aromatic carbocycles. The summed E-state index contributed by atoms with van der Waals surface area (Å²) in [5, 5.41) is 6.79. The van der Waals surface area contributed by atoms with Crippen molar-refractivity contribution in [2.45, 2.75) is 52.6 Å². The second kappa shape index (κ2) is 16.4. The predicted octanol–water partition coefficient (Wildman–Crippen LogP) is 8.81. The van der Waals surface area contributed by atoms with E-state index in [1.165, 1.54) is 38.5 Å². The highest BCUT2D eigenvalue weighted by atomic mass is 31.1. The maximum Gasteiger partial charge on any atom is 0.0921 e. The summed E-state index contributed by atoms with van der Waals surface area (Å²) in [4.78, 5) is 0. The van der Waals surface area contributed by atoms with Crippen molar-refractivity contribution in [3.63, 3.8) is 0 Å². The Morgan fingerprint density at radius 1 is 0.463 bits per heavy atom. The van der Waals surface area contributed by atoms with Gasteiger partial charge in [0.05, 0.1) is 14.3 Å². The standard InChI is InChI=1S/C22H23P.C16H19OP/c1-3-18(2)19-14-16-22(17-15-19)23(20-10-6-4-7-11-20)21-12-8-5-9-13-21;1-3-14(2)17-18(15-10-6-4-7-11-15)16-12-8-5-9-13-16/h4-18H,3H2,1-2H3;4-14H,3H2,1-2H3. The maximum absolute atomic E-state index is 6.24. The number of rotatable bonds is 10. The number of hydrogen-bond donors (Lipinski definition) is 0. The summed E-state index contributed by atoms with van der Waals surface area (Å²) >= 11 is 0. The number of hydrogen-bond acceptors (Lipinski definition) is 1. The van der Waals surface area contributed by atoms with Crippen molar-refractivity contribution in [1.29, 1.82) is 0 Å². The Morgan fingerprint density at radius 3 is 1.20 bits per heavy atom. The summed E-state index contributed by atoms with van der Waals surface area (Å²) in [5.74, 6) is 0.628. The van der Waals surface area contributed by atoms with Crippen LogP contribution < -0.4 is 26.5 Å². The quantitative estimate of drug-likeness (QED) is 0.151. The van der Waals surface area contributed by atoms with Gasteiger partial charge in [-0.3, -0.25) is 0 Å². The molecule has 0 heterocycles. The first-order chi connectivity index (χ1) is 20.1. The lowest BCUT2D eigenvalue weighted by Gasteiger charge is -2.22. The molecule has 0 saturated heterocycles. The molecule has 0 aliphatic carbocycles. The average molecular weight is 577 g/mol. The molecule has 5 aromatic rings. The van der Waals surface area contributed by atoms with Gasteiger partial charge < -0.3 is 4.52 Å². The van der Waals surface area contributed by atoms with Crippen molar-refractivity contribution in [3.05, 3.63) is 151 Å². The Kier molecular flexibility index (Phi) is 12.3. The van der Waals surface area contributed by atoms with E-state index in [0.29, 0.717) is 5.92 Å². The van der Waals surface area contributed by atoms with Gasteiger partial charge in [0.2, 0.25) is 0 Å². The minimum atomic E-state index is -0.696. The van der Waals surface area contributed by atoms with E-state index in [4.69, 9.17) is 4.52 Å². The smallest absolute Gasteiger partial charge is 0.0921 e. The Labute approximate surface area is 250 Å². The van der Waals surface area contributed by atoms with Gasteiger partial charge in [0, 0.05) is 10.6 Å². The second-order valence-corrected chi connectivity index (χ2v) is 14.2. The first kappa shape index (κ1) is 30.9. The molecule has 0 aromatic heterocycles. The van der Waals surface area contributed by atoms with Crippen molar-refractivity contribution in [2.24, 2.45) is 0 Å². The van der Waals surface area contributed by atoms with Gasteiger partial charge in [-0.15, -0.1) is 0 Å². The van der Waals surface area contributed by atoms with Gasteiger partial charge >= 0.3 is 0 Å². The highest BCUT2D eigenvalue weighted by Gasteiger charge is 2.18. The van der Waals surface area contributed by atoms with Gasteiger partial charge in [-0.05, 0) is 55.1 Å². The van der Waals surface area contributed by atoms with Crippen molar-refractivity contribution >= 4 is 42.6 Å². The van der Waals surface area contributed by atoms with Crippen LogP contribution in [0.5, 0.6) is 0 Å². The van der Waals surface area contributed by atoms with Crippen LogP contribution in [0.15, 0.2) is 146 Å². The summed E-state index contributed by atoms with van der Waals surface area (Å²) in [5.41, 5.74) is 1.44. The van der Waals surface area contributed by atoms with E-state index < -0.39 is 16.1 Å². The molecule has 1 nitrogen and oxygen atoms in total. The fourth-order valence-electron chi connectivity index (χ4n) is 4.44. The fraction of sp³-hybridized carbons (Fsp3) is 0.211. The molecule has 0 bridgehead atoms. The molecule has 41 heavy (non-hydrogen) atoms. The topological polar surface area (TPSA) is 9.23 Å². The highest BCUT2D eigenvalue weighted by Crippen LogP contribution is 2.37. The summed E-state index contributed by atoms with van der Waals surface area (Å²) in [7, 11) is -1.18. The minimum Gasteiger partial charge on any atom is -0.347 e. The molecule has 0 amide bonds. The van der Waals surface area contributed by atoms with Crippen LogP contribution in [-0.4, -0.2) is 6.10 Å². The lowest BCUT2D eigenvalue weighted by Crippen LogP contribution is -2.20. The Balaban J connectivity index is 0.000000195. The molecule has 0 aliphatic rings. The van der Waals surface area contributed by atoms with Crippen LogP contribution in [-0.2, 0) is 4.52 Å². The molecule has 2 unspecified atom stereocenters. The molecule has 0 N–H and O–H groups in total. The lowest BCUT2D eigenvalue weighted by molar-refractivity contribution is 0.249. The molecule has 5 rings (SSSR count). The van der Waals surface area contributed by atoms with Crippen molar-refractivity contribution < 1.29 is 4.52 Å². The Morgan fingerprint density at radius 2 is 0.829 bits per heavy atom. The number of benzene rings is 5. The van der Waals surface area contributed by atoms with Gasteiger partial charge in [0.15, 0.2) is 0 Å². The summed E-state index contributed by atoms with van der Waals surface area (Å²) in [6.07, 6.45) is 2.51. The van der Waals surface area contributed by atoms with Crippen LogP contribution in [0, 0.1) is 0 Å². The Bertz CT molecular complexity index is 1310. The normalized spacial score (nSPS) is 12.4. The van der Waals surface area contributed by atoms with Crippen LogP contribution in [0.3, 0.4) is 0 Å². The van der Waals surface area contributed by atoms with Crippen LogP contribution in [0.25, 0.3) is 0 Å². The van der Waals surface area contributed by atoms with Crippen LogP contribution in [0.2, 0.25) is 0 Å². The average Bonchev–Trinajstić information content (AvgIpc) is 3.05. The molecular weight excluding hydrogens is 534 g/mol. The third kappa shape index (κ3) is 8.95. The van der Waals surface area contributed by atoms with Gasteiger partial charge in [-0.1, -0.05) is 166 Å². The van der Waals surface area contributed by atoms with E-state index in [1.807, 2.05) is 12.1 Å². The van der Waals surface area contributed by atoms with Gasteiger partial charge in [0.25, 0.3) is 0 Å². The van der Waals surface area contributed by atoms with E-state index in [1.54, 1.807) is 0 Å². The van der Waals surface area contributed by atoms with Crippen molar-refractivity contribution in [2.75, 3.05) is 0 Å². The van der Waals surface area contributed by atoms with Crippen molar-refractivity contribution in [3.8, 4) is 0 Å². The van der Waals surface area contributed by atoms with E-state index in [0.717, 1.165) is 6.42 Å². The molecule has 0 spiro atoms. The van der Waals surface area contributed by atoms with Gasteiger partial charge in [-0.2, -0.15) is 0 Å². The van der Waals surface area contributed by atoms with E-state index in [9.17, 15) is 0 Å². The molecule has 0 saturated carbocycles. The SMILES string of the molecule is CCC(C)OP(c1ccccc1)c1ccccc1.CCC(C)c1ccc(P(c2ccccc2)c2ccccc2)cc1. The van der Waals surface area contributed by atoms with E-state index in [2.05, 4.69) is 161 Å². The molecular formula is C38H42OP2. The molecule has 2 atom stereocenters. The first-order valence-corrected chi connectivity index (χ1v) is 17.3. The van der Waals surface area contributed by atoms with E-state index in [-0.39, 0.29) is 6.10 Å². The first-order valence-electron chi connectivity index (χ1n) is 14.7. The molecule has 0 aliphatic heterocycles. The fourth-order valence-corrected chi connectivity index (χ4v) is 8.66. The van der Waals surface area contributed by atoms with Crippen LogP contribution in [0.1, 0.15) is 52.0 Å². The van der Waals surface area contributed by atoms with Crippen LogP contribution in [0.4, 0.5) is 0 Å². The summed E-state index contributed by atoms with van der Waals surface area (Å²) in [6, 6.07) is 52.0. The minimum absolute atomic E-state index is 0.288. The van der Waals surface area contributed by atoms with E-state index >= 15 is 0 Å². The Hall–Kier alpha value is -3.08. The zero-order chi connectivity index (χ0) is 28.9. The lowest BCUT2D eigenvalue weighted by atomic mass is 9.99. The molecule has 0 radical (unpaired) electrons. The third-order valence-electron chi connectivity index (χ3n) is 7.20. The second-order valence-electron chi connectivity index (χ2n) is 10.2. The maximum atomic E-state index is 6.24. The monoisotopic (exact) mass is 576 g/mol. The van der Waals surface area contributed by atoms with Crippen molar-refractivity contribution in [1.82, 2.24) is 0 Å². The molecule has 210 valence electrons. The third-order valence-corrected chi connectivity index (χ3v) is 11.8. The zero-order valence-corrected chi connectivity index (χ0v) is 26.5. The summed E-state index contributed by atoms with van der Waals surface area (Å²) < 4.78 is 6.24. The predicted molar refractivity (Wildman–Crippen MR) is 184 cm³/mol. The molecule has 3 heteroatoms. The highest BCUT2D eigenvalue weighted by molar-refractivity contribution is 7.79. The zero-order valence-electron chi connectivity index (χ0n) is 24.7. The van der Waals surface area contributed by atoms with Crippen LogP contribution >= 0.6 is 16.1 Å².